The van der Waals surface area contributed by atoms with Crippen molar-refractivity contribution >= 4 is 5.91 Å². The molecule has 1 heterocycles. The predicted octanol–water partition coefficient (Wildman–Crippen LogP) is 2.97. The Balaban J connectivity index is 1.38. The van der Waals surface area contributed by atoms with Crippen LogP contribution in [0.1, 0.15) is 36.3 Å². The number of hydrogen-bond acceptors (Lipinski definition) is 1. The van der Waals surface area contributed by atoms with E-state index >= 15 is 0 Å². The van der Waals surface area contributed by atoms with E-state index in [-0.39, 0.29) is 31.3 Å². The molecule has 2 aliphatic carbocycles. The summed E-state index contributed by atoms with van der Waals surface area (Å²) in [4.78, 5) is 13.8. The lowest BCUT2D eigenvalue weighted by Gasteiger charge is -2.40. The molecule has 1 amide bonds. The number of rotatable bonds is 2. The molecule has 1 saturated carbocycles. The van der Waals surface area contributed by atoms with Crippen molar-refractivity contribution in [2.24, 2.45) is 5.41 Å². The van der Waals surface area contributed by atoms with Gasteiger partial charge in [-0.15, -0.1) is 0 Å². The fourth-order valence-corrected chi connectivity index (χ4v) is 3.78. The van der Waals surface area contributed by atoms with Crippen LogP contribution in [0.5, 0.6) is 0 Å². The summed E-state index contributed by atoms with van der Waals surface area (Å²) >= 11 is 0. The number of nitrogens with zero attached hydrogens (tertiary/aromatic N) is 1. The quantitative estimate of drug-likeness (QED) is 0.814. The number of aryl methyl sites for hydroxylation is 1. The van der Waals surface area contributed by atoms with E-state index < -0.39 is 11.3 Å². The number of halogens is 2. The van der Waals surface area contributed by atoms with Gasteiger partial charge in [0.2, 0.25) is 5.91 Å². The van der Waals surface area contributed by atoms with Crippen LogP contribution in [0.25, 0.3) is 0 Å². The third-order valence-electron chi connectivity index (χ3n) is 5.23. The van der Waals surface area contributed by atoms with Crippen LogP contribution in [0, 0.1) is 5.41 Å². The molecule has 0 aromatic heterocycles. The smallest absolute Gasteiger partial charge is 0.258 e. The first kappa shape index (κ1) is 12.3. The van der Waals surface area contributed by atoms with Gasteiger partial charge < -0.3 is 4.90 Å². The molecule has 1 saturated heterocycles. The molecule has 1 spiro atoms. The van der Waals surface area contributed by atoms with Gasteiger partial charge in [-0.2, -0.15) is 0 Å². The topological polar surface area (TPSA) is 20.3 Å². The number of carbonyl (C=O) groups is 1. The molecule has 1 aliphatic heterocycles. The van der Waals surface area contributed by atoms with E-state index in [4.69, 9.17) is 0 Å². The summed E-state index contributed by atoms with van der Waals surface area (Å²) in [5.74, 6) is -2.21. The summed E-state index contributed by atoms with van der Waals surface area (Å²) in [5, 5.41) is 0. The Hall–Kier alpha value is -1.45. The summed E-state index contributed by atoms with van der Waals surface area (Å²) < 4.78 is 26.3. The lowest BCUT2D eigenvalue weighted by atomic mass is 9.92. The lowest BCUT2D eigenvalue weighted by molar-refractivity contribution is -0.142. The minimum atomic E-state index is -2.52. The fourth-order valence-electron chi connectivity index (χ4n) is 3.78. The molecule has 1 unspecified atom stereocenters. The fraction of sp³-hybridized carbons (Fsp3) is 0.562. The van der Waals surface area contributed by atoms with Gasteiger partial charge in [0.1, 0.15) is 0 Å². The van der Waals surface area contributed by atoms with E-state index in [1.54, 1.807) is 4.90 Å². The Morgan fingerprint density at radius 1 is 1.30 bits per heavy atom. The number of likely N-dealkylation sites (tertiary alicyclic amines) is 1. The molecule has 0 bridgehead atoms. The monoisotopic (exact) mass is 277 g/mol. The van der Waals surface area contributed by atoms with Crippen LogP contribution >= 0.6 is 0 Å². The Kier molecular flexibility index (Phi) is 2.34. The van der Waals surface area contributed by atoms with Crippen molar-refractivity contribution in [1.82, 2.24) is 4.90 Å². The Morgan fingerprint density at radius 2 is 2.00 bits per heavy atom. The largest absolute Gasteiger partial charge is 0.341 e. The number of fused-ring (bicyclic) bond motifs is 1. The van der Waals surface area contributed by atoms with Crippen molar-refractivity contribution < 1.29 is 13.6 Å². The first-order valence-electron chi connectivity index (χ1n) is 7.24. The lowest BCUT2D eigenvalue weighted by Crippen LogP contribution is -2.54. The molecule has 20 heavy (non-hydrogen) atoms. The highest BCUT2D eigenvalue weighted by Crippen LogP contribution is 2.65. The summed E-state index contributed by atoms with van der Waals surface area (Å²) in [6, 6.07) is 8.23. The number of carbonyl (C=O) groups excluding carboxylic acids is 1. The molecule has 106 valence electrons. The van der Waals surface area contributed by atoms with Gasteiger partial charge in [-0.1, -0.05) is 24.3 Å². The summed E-state index contributed by atoms with van der Waals surface area (Å²) in [6.45, 7) is 0.514. The molecule has 1 aromatic carbocycles. The van der Waals surface area contributed by atoms with Gasteiger partial charge in [-0.05, 0) is 29.9 Å². The van der Waals surface area contributed by atoms with Crippen molar-refractivity contribution in [2.75, 3.05) is 13.1 Å². The van der Waals surface area contributed by atoms with E-state index in [9.17, 15) is 13.6 Å². The summed E-state index contributed by atoms with van der Waals surface area (Å²) in [6.07, 6.45) is 2.46. The molecule has 4 heteroatoms. The Morgan fingerprint density at radius 3 is 2.70 bits per heavy atom. The maximum absolute atomic E-state index is 13.1. The first-order chi connectivity index (χ1) is 9.51. The van der Waals surface area contributed by atoms with Gasteiger partial charge in [-0.25, -0.2) is 8.78 Å². The predicted molar refractivity (Wildman–Crippen MR) is 70.7 cm³/mol. The molecule has 2 nitrogen and oxygen atoms in total. The van der Waals surface area contributed by atoms with E-state index in [1.807, 2.05) is 12.1 Å². The van der Waals surface area contributed by atoms with Crippen LogP contribution < -0.4 is 0 Å². The van der Waals surface area contributed by atoms with Gasteiger partial charge in [0.15, 0.2) is 0 Å². The average Bonchev–Trinajstić information content (AvgIpc) is 2.76. The van der Waals surface area contributed by atoms with E-state index in [0.29, 0.717) is 6.42 Å². The van der Waals surface area contributed by atoms with Gasteiger partial charge in [0.05, 0.1) is 5.41 Å². The molecule has 3 aliphatic rings. The molecule has 1 atom stereocenters. The first-order valence-corrected chi connectivity index (χ1v) is 7.24. The molecule has 1 aromatic rings. The summed E-state index contributed by atoms with van der Waals surface area (Å²) in [5.41, 5.74) is 1.75. The standard InChI is InChI=1S/C16H17F2NO/c17-16(18)8-15(16)9-19(10-15)14(20)7-12-6-5-11-3-1-2-4-13(11)12/h1-4,12H,5-10H2. The minimum absolute atomic E-state index is 0.0317. The molecule has 2 fully saturated rings. The van der Waals surface area contributed by atoms with Crippen molar-refractivity contribution in [2.45, 2.75) is 37.5 Å². The molecular formula is C16H17F2NO. The van der Waals surface area contributed by atoms with E-state index in [0.717, 1.165) is 12.8 Å². The van der Waals surface area contributed by atoms with Crippen LogP contribution in [0.3, 0.4) is 0 Å². The Bertz CT molecular complexity index is 578. The van der Waals surface area contributed by atoms with Crippen LogP contribution in [-0.4, -0.2) is 29.8 Å². The number of alkyl halides is 2. The van der Waals surface area contributed by atoms with Crippen molar-refractivity contribution in [3.63, 3.8) is 0 Å². The highest BCUT2D eigenvalue weighted by molar-refractivity contribution is 5.78. The minimum Gasteiger partial charge on any atom is -0.341 e. The Labute approximate surface area is 116 Å². The van der Waals surface area contributed by atoms with E-state index in [1.165, 1.54) is 11.1 Å². The zero-order chi connectivity index (χ0) is 14.0. The van der Waals surface area contributed by atoms with Crippen LogP contribution in [0.4, 0.5) is 8.78 Å². The maximum Gasteiger partial charge on any atom is 0.258 e. The average molecular weight is 277 g/mol. The zero-order valence-electron chi connectivity index (χ0n) is 11.2. The molecule has 0 radical (unpaired) electrons. The van der Waals surface area contributed by atoms with E-state index in [2.05, 4.69) is 12.1 Å². The van der Waals surface area contributed by atoms with Crippen molar-refractivity contribution in [3.8, 4) is 0 Å². The highest BCUT2D eigenvalue weighted by atomic mass is 19.3. The zero-order valence-corrected chi connectivity index (χ0v) is 11.2. The second-order valence-corrected chi connectivity index (χ2v) is 6.55. The molecule has 4 rings (SSSR count). The van der Waals surface area contributed by atoms with Gasteiger partial charge in [0.25, 0.3) is 5.92 Å². The van der Waals surface area contributed by atoms with Gasteiger partial charge in [-0.3, -0.25) is 4.79 Å². The third-order valence-corrected chi connectivity index (χ3v) is 5.23. The highest BCUT2D eigenvalue weighted by Gasteiger charge is 2.76. The summed E-state index contributed by atoms with van der Waals surface area (Å²) in [7, 11) is 0. The van der Waals surface area contributed by atoms with Crippen LogP contribution in [-0.2, 0) is 11.2 Å². The van der Waals surface area contributed by atoms with Crippen LogP contribution in [0.15, 0.2) is 24.3 Å². The molecule has 0 N–H and O–H groups in total. The van der Waals surface area contributed by atoms with Gasteiger partial charge in [0, 0.05) is 25.9 Å². The second kappa shape index (κ2) is 3.80. The molecular weight excluding hydrogens is 260 g/mol. The van der Waals surface area contributed by atoms with Gasteiger partial charge >= 0.3 is 0 Å². The third kappa shape index (κ3) is 1.63. The maximum atomic E-state index is 13.1. The number of amides is 1. The second-order valence-electron chi connectivity index (χ2n) is 6.55. The number of hydrogen-bond donors (Lipinski definition) is 0. The van der Waals surface area contributed by atoms with Crippen molar-refractivity contribution in [1.29, 1.82) is 0 Å². The number of benzene rings is 1. The SMILES string of the molecule is O=C(CC1CCc2ccccc21)N1CC2(C1)CC2(F)F. The normalized spacial score (nSPS) is 28.1. The van der Waals surface area contributed by atoms with Crippen LogP contribution in [0.2, 0.25) is 0 Å². The van der Waals surface area contributed by atoms with Crippen molar-refractivity contribution in [3.05, 3.63) is 35.4 Å².